The van der Waals surface area contributed by atoms with Crippen LogP contribution in [0.4, 0.5) is 0 Å². The summed E-state index contributed by atoms with van der Waals surface area (Å²) >= 11 is 0. The molecule has 0 spiro atoms. The zero-order valence-corrected chi connectivity index (χ0v) is 10.6. The second kappa shape index (κ2) is 6.96. The first-order chi connectivity index (χ1) is 8.52. The molecule has 18 heavy (non-hydrogen) atoms. The molecule has 1 aliphatic heterocycles. The number of carbonyl (C=O) groups is 2. The third-order valence-corrected chi connectivity index (χ3v) is 2.38. The zero-order valence-electron chi connectivity index (χ0n) is 10.6. The molecule has 1 aliphatic rings. The van der Waals surface area contributed by atoms with E-state index in [1.807, 2.05) is 6.08 Å². The first-order valence-corrected chi connectivity index (χ1v) is 5.78. The molecule has 0 aromatic carbocycles. The van der Waals surface area contributed by atoms with Crippen LogP contribution in [0.15, 0.2) is 24.8 Å². The van der Waals surface area contributed by atoms with Crippen LogP contribution in [-0.4, -0.2) is 36.9 Å². The summed E-state index contributed by atoms with van der Waals surface area (Å²) < 4.78 is 15.7. The predicted molar refractivity (Wildman–Crippen MR) is 64.8 cm³/mol. The zero-order chi connectivity index (χ0) is 13.5. The molecule has 0 N–H and O–H groups in total. The average molecular weight is 254 g/mol. The van der Waals surface area contributed by atoms with Gasteiger partial charge in [-0.3, -0.25) is 9.59 Å². The number of esters is 2. The van der Waals surface area contributed by atoms with Crippen molar-refractivity contribution in [2.75, 3.05) is 6.61 Å². The maximum atomic E-state index is 11.0. The number of hydrogen-bond acceptors (Lipinski definition) is 5. The third-order valence-electron chi connectivity index (χ3n) is 2.38. The minimum absolute atomic E-state index is 0.0608. The molecule has 0 amide bonds. The standard InChI is InChI=1S/C13H18O5/c1-4-5-11-6-7-12(17-10(3)15)13(18-11)8-16-9(2)14/h4,6-7,11-13H,1,5,8H2,2-3H3/t11-,12+,13-/m1/s1. The summed E-state index contributed by atoms with van der Waals surface area (Å²) in [5, 5.41) is 0. The smallest absolute Gasteiger partial charge is 0.303 e. The second-order valence-electron chi connectivity index (χ2n) is 4.00. The van der Waals surface area contributed by atoms with E-state index >= 15 is 0 Å². The van der Waals surface area contributed by atoms with Crippen LogP contribution in [0.25, 0.3) is 0 Å². The predicted octanol–water partition coefficient (Wildman–Crippen LogP) is 1.38. The van der Waals surface area contributed by atoms with E-state index in [-0.39, 0.29) is 12.7 Å². The van der Waals surface area contributed by atoms with Gasteiger partial charge < -0.3 is 14.2 Å². The van der Waals surface area contributed by atoms with E-state index in [0.717, 1.165) is 0 Å². The Bertz CT molecular complexity index is 347. The van der Waals surface area contributed by atoms with Crippen molar-refractivity contribution >= 4 is 11.9 Å². The fourth-order valence-corrected chi connectivity index (χ4v) is 1.64. The lowest BCUT2D eigenvalue weighted by atomic mass is 10.1. The summed E-state index contributed by atoms with van der Waals surface area (Å²) in [7, 11) is 0. The molecule has 5 nitrogen and oxygen atoms in total. The van der Waals surface area contributed by atoms with Crippen LogP contribution in [0.5, 0.6) is 0 Å². The maximum absolute atomic E-state index is 11.0. The Morgan fingerprint density at radius 1 is 1.33 bits per heavy atom. The Morgan fingerprint density at radius 2 is 2.06 bits per heavy atom. The summed E-state index contributed by atoms with van der Waals surface area (Å²) in [5.74, 6) is -0.793. The molecule has 5 heteroatoms. The van der Waals surface area contributed by atoms with Crippen LogP contribution in [-0.2, 0) is 23.8 Å². The highest BCUT2D eigenvalue weighted by Crippen LogP contribution is 2.19. The van der Waals surface area contributed by atoms with Crippen LogP contribution >= 0.6 is 0 Å². The normalized spacial score (nSPS) is 26.4. The van der Waals surface area contributed by atoms with Crippen LogP contribution in [0.3, 0.4) is 0 Å². The molecule has 0 aromatic rings. The molecule has 1 rings (SSSR count). The molecule has 0 unspecified atom stereocenters. The van der Waals surface area contributed by atoms with E-state index in [0.29, 0.717) is 6.42 Å². The minimum atomic E-state index is -0.525. The molecule has 3 atom stereocenters. The fourth-order valence-electron chi connectivity index (χ4n) is 1.64. The van der Waals surface area contributed by atoms with Crippen molar-refractivity contribution in [2.45, 2.75) is 38.6 Å². The van der Waals surface area contributed by atoms with Crippen molar-refractivity contribution in [2.24, 2.45) is 0 Å². The summed E-state index contributed by atoms with van der Waals surface area (Å²) in [6, 6.07) is 0. The lowest BCUT2D eigenvalue weighted by molar-refractivity contribution is -0.163. The molecule has 0 bridgehead atoms. The number of carbonyl (C=O) groups excluding carboxylic acids is 2. The molecule has 0 saturated heterocycles. The molecule has 0 saturated carbocycles. The van der Waals surface area contributed by atoms with Gasteiger partial charge in [0.2, 0.25) is 0 Å². The van der Waals surface area contributed by atoms with Gasteiger partial charge in [0.15, 0.2) is 0 Å². The van der Waals surface area contributed by atoms with Crippen molar-refractivity contribution < 1.29 is 23.8 Å². The lowest BCUT2D eigenvalue weighted by Gasteiger charge is -2.31. The fraction of sp³-hybridized carbons (Fsp3) is 0.538. The van der Waals surface area contributed by atoms with Gasteiger partial charge in [-0.1, -0.05) is 12.2 Å². The first kappa shape index (κ1) is 14.4. The Kier molecular flexibility index (Phi) is 5.58. The Labute approximate surface area is 106 Å². The molecule has 0 radical (unpaired) electrons. The average Bonchev–Trinajstić information content (AvgIpc) is 2.28. The third kappa shape index (κ3) is 4.71. The van der Waals surface area contributed by atoms with E-state index in [1.165, 1.54) is 13.8 Å². The van der Waals surface area contributed by atoms with Crippen molar-refractivity contribution in [3.8, 4) is 0 Å². The minimum Gasteiger partial charge on any atom is -0.463 e. The monoisotopic (exact) mass is 254 g/mol. The Hall–Kier alpha value is -1.62. The summed E-state index contributed by atoms with van der Waals surface area (Å²) in [6.07, 6.45) is 4.84. The van der Waals surface area contributed by atoms with E-state index < -0.39 is 24.1 Å². The van der Waals surface area contributed by atoms with E-state index in [1.54, 1.807) is 12.2 Å². The van der Waals surface area contributed by atoms with Crippen LogP contribution in [0.1, 0.15) is 20.3 Å². The van der Waals surface area contributed by atoms with Gasteiger partial charge in [0.25, 0.3) is 0 Å². The summed E-state index contributed by atoms with van der Waals surface area (Å²) in [6.45, 7) is 6.34. The Morgan fingerprint density at radius 3 is 2.61 bits per heavy atom. The SMILES string of the molecule is C=CC[C@@H]1C=C[C@H](OC(C)=O)[C@@H](COC(C)=O)O1. The van der Waals surface area contributed by atoms with Gasteiger partial charge in [-0.05, 0) is 12.5 Å². The van der Waals surface area contributed by atoms with Gasteiger partial charge >= 0.3 is 11.9 Å². The van der Waals surface area contributed by atoms with Crippen molar-refractivity contribution in [1.82, 2.24) is 0 Å². The van der Waals surface area contributed by atoms with Crippen molar-refractivity contribution in [3.05, 3.63) is 24.8 Å². The molecular formula is C13H18O5. The topological polar surface area (TPSA) is 61.8 Å². The largest absolute Gasteiger partial charge is 0.463 e. The molecule has 0 aromatic heterocycles. The Balaban J connectivity index is 2.65. The van der Waals surface area contributed by atoms with Crippen molar-refractivity contribution in [1.29, 1.82) is 0 Å². The highest BCUT2D eigenvalue weighted by Gasteiger charge is 2.29. The summed E-state index contributed by atoms with van der Waals surface area (Å²) in [4.78, 5) is 21.8. The number of ether oxygens (including phenoxy) is 3. The first-order valence-electron chi connectivity index (χ1n) is 5.78. The highest BCUT2D eigenvalue weighted by molar-refractivity contribution is 5.66. The lowest BCUT2D eigenvalue weighted by Crippen LogP contribution is -2.41. The van der Waals surface area contributed by atoms with Crippen LogP contribution in [0.2, 0.25) is 0 Å². The second-order valence-corrected chi connectivity index (χ2v) is 4.00. The van der Waals surface area contributed by atoms with Gasteiger partial charge in [0, 0.05) is 13.8 Å². The van der Waals surface area contributed by atoms with Gasteiger partial charge in [-0.15, -0.1) is 6.58 Å². The molecule has 0 aliphatic carbocycles. The molecule has 100 valence electrons. The van der Waals surface area contributed by atoms with Gasteiger partial charge in [-0.25, -0.2) is 0 Å². The highest BCUT2D eigenvalue weighted by atomic mass is 16.6. The van der Waals surface area contributed by atoms with E-state index in [4.69, 9.17) is 14.2 Å². The van der Waals surface area contributed by atoms with Gasteiger partial charge in [0.05, 0.1) is 6.10 Å². The summed E-state index contributed by atoms with van der Waals surface area (Å²) in [5.41, 5.74) is 0. The van der Waals surface area contributed by atoms with E-state index in [9.17, 15) is 9.59 Å². The maximum Gasteiger partial charge on any atom is 0.303 e. The van der Waals surface area contributed by atoms with Gasteiger partial charge in [-0.2, -0.15) is 0 Å². The number of rotatable bonds is 5. The van der Waals surface area contributed by atoms with Crippen LogP contribution < -0.4 is 0 Å². The molecule has 0 fully saturated rings. The number of hydrogen-bond donors (Lipinski definition) is 0. The van der Waals surface area contributed by atoms with Crippen LogP contribution in [0, 0.1) is 0 Å². The molecular weight excluding hydrogens is 236 g/mol. The van der Waals surface area contributed by atoms with Gasteiger partial charge in [0.1, 0.15) is 18.8 Å². The van der Waals surface area contributed by atoms with E-state index in [2.05, 4.69) is 6.58 Å². The van der Waals surface area contributed by atoms with Crippen molar-refractivity contribution in [3.63, 3.8) is 0 Å². The quantitative estimate of drug-likeness (QED) is 0.548. The molecule has 1 heterocycles.